The third-order valence-corrected chi connectivity index (χ3v) is 4.32. The molecule has 2 rings (SSSR count). The standard InChI is InChI=1S/C13H14BrNO2S/c1-8(11-4-2-9(16)6-12(11)17)15-7-10-3-5-13(14)18-10/h2-6,8,15-17H,7H2,1H3. The van der Waals surface area contributed by atoms with E-state index < -0.39 is 0 Å². The van der Waals surface area contributed by atoms with E-state index in [1.807, 2.05) is 13.0 Å². The maximum Gasteiger partial charge on any atom is 0.124 e. The molecule has 5 heteroatoms. The number of phenolic OH excluding ortho intramolecular Hbond substituents is 2. The zero-order valence-electron chi connectivity index (χ0n) is 9.85. The second kappa shape index (κ2) is 5.73. The normalized spacial score (nSPS) is 12.6. The highest BCUT2D eigenvalue weighted by molar-refractivity contribution is 9.11. The fourth-order valence-electron chi connectivity index (χ4n) is 1.71. The summed E-state index contributed by atoms with van der Waals surface area (Å²) in [6.45, 7) is 2.73. The molecule has 0 radical (unpaired) electrons. The van der Waals surface area contributed by atoms with Crippen molar-refractivity contribution in [1.29, 1.82) is 0 Å². The molecule has 0 aliphatic heterocycles. The molecule has 1 aromatic carbocycles. The number of aromatic hydroxyl groups is 2. The van der Waals surface area contributed by atoms with Crippen LogP contribution in [0.3, 0.4) is 0 Å². The van der Waals surface area contributed by atoms with Crippen molar-refractivity contribution >= 4 is 27.3 Å². The van der Waals surface area contributed by atoms with Crippen molar-refractivity contribution < 1.29 is 10.2 Å². The Morgan fingerprint density at radius 1 is 1.28 bits per heavy atom. The van der Waals surface area contributed by atoms with Gasteiger partial charge in [0, 0.05) is 29.1 Å². The van der Waals surface area contributed by atoms with Crippen LogP contribution in [0.5, 0.6) is 11.5 Å². The van der Waals surface area contributed by atoms with Gasteiger partial charge in [-0.05, 0) is 41.1 Å². The minimum Gasteiger partial charge on any atom is -0.508 e. The van der Waals surface area contributed by atoms with Crippen LogP contribution < -0.4 is 5.32 Å². The lowest BCUT2D eigenvalue weighted by Crippen LogP contribution is -2.17. The van der Waals surface area contributed by atoms with Gasteiger partial charge in [0.1, 0.15) is 11.5 Å². The van der Waals surface area contributed by atoms with Crippen molar-refractivity contribution in [3.8, 4) is 11.5 Å². The number of benzene rings is 1. The number of hydrogen-bond donors (Lipinski definition) is 3. The molecule has 0 aliphatic carbocycles. The molecule has 0 saturated heterocycles. The Morgan fingerprint density at radius 3 is 2.67 bits per heavy atom. The second-order valence-electron chi connectivity index (χ2n) is 4.05. The lowest BCUT2D eigenvalue weighted by Gasteiger charge is -2.15. The average Bonchev–Trinajstić information content (AvgIpc) is 2.72. The van der Waals surface area contributed by atoms with Crippen molar-refractivity contribution in [3.05, 3.63) is 44.6 Å². The molecule has 0 fully saturated rings. The van der Waals surface area contributed by atoms with Crippen LogP contribution in [0.15, 0.2) is 34.1 Å². The van der Waals surface area contributed by atoms with Crippen LogP contribution in [-0.2, 0) is 6.54 Å². The van der Waals surface area contributed by atoms with Crippen molar-refractivity contribution in [2.24, 2.45) is 0 Å². The minimum absolute atomic E-state index is 0.0199. The van der Waals surface area contributed by atoms with Gasteiger partial charge in [0.25, 0.3) is 0 Å². The number of hydrogen-bond acceptors (Lipinski definition) is 4. The fourth-order valence-corrected chi connectivity index (χ4v) is 3.14. The summed E-state index contributed by atoms with van der Waals surface area (Å²) in [5, 5.41) is 22.3. The third-order valence-electron chi connectivity index (χ3n) is 2.69. The zero-order chi connectivity index (χ0) is 13.1. The molecule has 2 aromatic rings. The van der Waals surface area contributed by atoms with E-state index in [1.54, 1.807) is 23.5 Å². The summed E-state index contributed by atoms with van der Waals surface area (Å²) in [5.74, 6) is 0.188. The molecule has 0 bridgehead atoms. The van der Waals surface area contributed by atoms with Crippen LogP contribution in [0, 0.1) is 0 Å². The highest BCUT2D eigenvalue weighted by atomic mass is 79.9. The first-order valence-corrected chi connectivity index (χ1v) is 7.16. The molecule has 1 heterocycles. The fraction of sp³-hybridized carbons (Fsp3) is 0.231. The van der Waals surface area contributed by atoms with Crippen molar-refractivity contribution in [2.45, 2.75) is 19.5 Å². The predicted molar refractivity (Wildman–Crippen MR) is 77.0 cm³/mol. The van der Waals surface area contributed by atoms with E-state index in [1.165, 1.54) is 10.9 Å². The molecule has 0 aliphatic rings. The highest BCUT2D eigenvalue weighted by Crippen LogP contribution is 2.28. The number of halogens is 1. The van der Waals surface area contributed by atoms with E-state index in [2.05, 4.69) is 27.3 Å². The van der Waals surface area contributed by atoms with Gasteiger partial charge in [0.2, 0.25) is 0 Å². The molecule has 96 valence electrons. The molecule has 1 unspecified atom stereocenters. The van der Waals surface area contributed by atoms with Crippen LogP contribution in [0.2, 0.25) is 0 Å². The molecule has 0 saturated carbocycles. The first-order valence-electron chi connectivity index (χ1n) is 5.55. The first kappa shape index (κ1) is 13.4. The summed E-state index contributed by atoms with van der Waals surface area (Å²) < 4.78 is 1.11. The number of phenols is 2. The molecule has 1 atom stereocenters. The zero-order valence-corrected chi connectivity index (χ0v) is 12.3. The largest absolute Gasteiger partial charge is 0.508 e. The van der Waals surface area contributed by atoms with Crippen LogP contribution in [-0.4, -0.2) is 10.2 Å². The van der Waals surface area contributed by atoms with Gasteiger partial charge in [-0.2, -0.15) is 0 Å². The Morgan fingerprint density at radius 2 is 2.06 bits per heavy atom. The maximum atomic E-state index is 9.76. The topological polar surface area (TPSA) is 52.5 Å². The Hall–Kier alpha value is -1.04. The molecule has 3 nitrogen and oxygen atoms in total. The Bertz CT molecular complexity index is 542. The summed E-state index contributed by atoms with van der Waals surface area (Å²) in [4.78, 5) is 1.23. The highest BCUT2D eigenvalue weighted by Gasteiger charge is 2.10. The summed E-state index contributed by atoms with van der Waals surface area (Å²) in [6.07, 6.45) is 0. The van der Waals surface area contributed by atoms with Crippen molar-refractivity contribution in [3.63, 3.8) is 0 Å². The van der Waals surface area contributed by atoms with Crippen molar-refractivity contribution in [2.75, 3.05) is 0 Å². The van der Waals surface area contributed by atoms with E-state index in [9.17, 15) is 10.2 Å². The van der Waals surface area contributed by atoms with E-state index in [4.69, 9.17) is 0 Å². The predicted octanol–water partition coefficient (Wildman–Crippen LogP) is 3.77. The van der Waals surface area contributed by atoms with Gasteiger partial charge in [-0.3, -0.25) is 0 Å². The lowest BCUT2D eigenvalue weighted by atomic mass is 10.1. The molecule has 3 N–H and O–H groups in total. The van der Waals surface area contributed by atoms with Crippen LogP contribution >= 0.6 is 27.3 Å². The summed E-state index contributed by atoms with van der Waals surface area (Å²) >= 11 is 5.11. The van der Waals surface area contributed by atoms with Gasteiger partial charge < -0.3 is 15.5 Å². The third kappa shape index (κ3) is 3.25. The summed E-state index contributed by atoms with van der Waals surface area (Å²) in [6, 6.07) is 8.76. The van der Waals surface area contributed by atoms with Gasteiger partial charge in [-0.25, -0.2) is 0 Å². The number of rotatable bonds is 4. The molecule has 18 heavy (non-hydrogen) atoms. The van der Waals surface area contributed by atoms with Crippen LogP contribution in [0.4, 0.5) is 0 Å². The molecule has 1 aromatic heterocycles. The van der Waals surface area contributed by atoms with Crippen LogP contribution in [0.1, 0.15) is 23.4 Å². The molecular weight excluding hydrogens is 314 g/mol. The van der Waals surface area contributed by atoms with Crippen LogP contribution in [0.25, 0.3) is 0 Å². The average molecular weight is 328 g/mol. The van der Waals surface area contributed by atoms with Gasteiger partial charge in [-0.15, -0.1) is 11.3 Å². The quantitative estimate of drug-likeness (QED) is 0.801. The van der Waals surface area contributed by atoms with Gasteiger partial charge in [-0.1, -0.05) is 6.07 Å². The van der Waals surface area contributed by atoms with E-state index in [0.717, 1.165) is 15.9 Å². The first-order chi connectivity index (χ1) is 8.56. The summed E-state index contributed by atoms with van der Waals surface area (Å²) in [5.41, 5.74) is 0.781. The Balaban J connectivity index is 2.01. The van der Waals surface area contributed by atoms with Crippen molar-refractivity contribution in [1.82, 2.24) is 5.32 Å². The Kier molecular flexibility index (Phi) is 4.27. The lowest BCUT2D eigenvalue weighted by molar-refractivity contribution is 0.436. The second-order valence-corrected chi connectivity index (χ2v) is 6.60. The van der Waals surface area contributed by atoms with Gasteiger partial charge >= 0.3 is 0 Å². The molecule has 0 spiro atoms. The van der Waals surface area contributed by atoms with Gasteiger partial charge in [0.05, 0.1) is 3.79 Å². The monoisotopic (exact) mass is 327 g/mol. The minimum atomic E-state index is 0.0199. The SMILES string of the molecule is CC(NCc1ccc(Br)s1)c1ccc(O)cc1O. The number of thiophene rings is 1. The molecule has 0 amide bonds. The summed E-state index contributed by atoms with van der Waals surface area (Å²) in [7, 11) is 0. The number of nitrogens with one attached hydrogen (secondary N) is 1. The van der Waals surface area contributed by atoms with Gasteiger partial charge in [0.15, 0.2) is 0 Å². The molecular formula is C13H14BrNO2S. The van der Waals surface area contributed by atoms with E-state index in [-0.39, 0.29) is 17.5 Å². The van der Waals surface area contributed by atoms with E-state index in [0.29, 0.717) is 0 Å². The smallest absolute Gasteiger partial charge is 0.124 e. The Labute approximate surface area is 118 Å². The van der Waals surface area contributed by atoms with E-state index >= 15 is 0 Å². The maximum absolute atomic E-state index is 9.76.